The first-order valence-electron chi connectivity index (χ1n) is 20.3. The normalized spacial score (nSPS) is 12.5. The second-order valence-electron chi connectivity index (χ2n) is 16.9. The molecule has 0 aromatic heterocycles. The first-order valence-corrected chi connectivity index (χ1v) is 21.7. The summed E-state index contributed by atoms with van der Waals surface area (Å²) in [6, 6.07) is 23.2. The maximum atomic E-state index is 15.3. The molecule has 0 aliphatic heterocycles. The van der Waals surface area contributed by atoms with Crippen molar-refractivity contribution in [3.8, 4) is 0 Å². The average Bonchev–Trinajstić information content (AvgIpc) is 3.18. The van der Waals surface area contributed by atoms with Gasteiger partial charge in [0, 0.05) is 11.1 Å². The Bertz CT molecular complexity index is 2850. The van der Waals surface area contributed by atoms with Gasteiger partial charge in [-0.15, -0.1) is 0 Å². The molecule has 0 aliphatic carbocycles. The fourth-order valence-electron chi connectivity index (χ4n) is 8.11. The van der Waals surface area contributed by atoms with Gasteiger partial charge in [-0.3, -0.25) is 4.79 Å². The van der Waals surface area contributed by atoms with Gasteiger partial charge in [0.1, 0.15) is 0 Å². The molecule has 0 N–H and O–H groups in total. The minimum atomic E-state index is -5.78. The molecule has 0 saturated carbocycles. The quantitative estimate of drug-likeness (QED) is 0.102. The molecule has 0 amide bonds. The van der Waals surface area contributed by atoms with Gasteiger partial charge < -0.3 is 0 Å². The zero-order valence-corrected chi connectivity index (χ0v) is 37.4. The highest BCUT2D eigenvalue weighted by molar-refractivity contribution is 7.91. The molecule has 0 aliphatic rings. The number of hydrogen-bond donors (Lipinski definition) is 0. The van der Waals surface area contributed by atoms with Gasteiger partial charge in [-0.2, -0.15) is 26.3 Å². The van der Waals surface area contributed by atoms with E-state index in [2.05, 4.69) is 0 Å². The molecule has 62 heavy (non-hydrogen) atoms. The number of aryl methyl sites for hydroxylation is 8. The summed E-state index contributed by atoms with van der Waals surface area (Å²) in [4.78, 5) is 13.8. The van der Waals surface area contributed by atoms with Gasteiger partial charge in [-0.25, -0.2) is 8.42 Å². The van der Waals surface area contributed by atoms with Gasteiger partial charge in [0.05, 0.1) is 9.79 Å². The maximum Gasteiger partial charge on any atom is 0.411 e. The SMILES string of the molecule is Cc1ccc(C(=O)c2cc(C)c(C)c(Cc3cc(S(=O)(=O)c4ccc(C)c(C)c4)cc(Cc4cc(C(c5ccc(C)c(C)c5)(C(F)(F)F)C(F)(F)F)ccc4C)c3C)c2)cc1C. The van der Waals surface area contributed by atoms with E-state index < -0.39 is 38.7 Å². The predicted octanol–water partition coefficient (Wildman–Crippen LogP) is 13.4. The standard InChI is InChI=1S/C52H50F6O3S/c1-29-11-15-39(19-33(29)5)49(59)44-20-36(8)37(9)41(25-44)24-43-28-48(62(60,61)47-18-14-31(3)35(7)22-47)27-42(38(43)10)23-40-26-46(17-13-32(40)4)50(51(53,54)55,52(56,57)58)45-16-12-30(2)34(6)21-45/h11-22,25-28H,23-24H2,1-10H3. The Hall–Kier alpha value is -5.48. The summed E-state index contributed by atoms with van der Waals surface area (Å²) in [6.07, 6.45) is -11.6. The van der Waals surface area contributed by atoms with Crippen molar-refractivity contribution in [2.24, 2.45) is 0 Å². The van der Waals surface area contributed by atoms with Crippen LogP contribution in [0.1, 0.15) is 105 Å². The van der Waals surface area contributed by atoms with E-state index in [4.69, 9.17) is 0 Å². The number of carbonyl (C=O) groups is 1. The van der Waals surface area contributed by atoms with Crippen molar-refractivity contribution < 1.29 is 39.6 Å². The monoisotopic (exact) mass is 868 g/mol. The summed E-state index contributed by atoms with van der Waals surface area (Å²) >= 11 is 0. The maximum absolute atomic E-state index is 15.3. The van der Waals surface area contributed by atoms with Crippen LogP contribution in [0.4, 0.5) is 26.3 Å². The molecule has 6 aromatic rings. The minimum absolute atomic E-state index is 0.0427. The average molecular weight is 869 g/mol. The number of ketones is 1. The van der Waals surface area contributed by atoms with Crippen molar-refractivity contribution in [1.29, 1.82) is 0 Å². The van der Waals surface area contributed by atoms with Crippen LogP contribution in [0, 0.1) is 69.2 Å². The zero-order chi connectivity index (χ0) is 45.9. The van der Waals surface area contributed by atoms with Crippen LogP contribution in [0.2, 0.25) is 0 Å². The topological polar surface area (TPSA) is 51.2 Å². The molecular weight excluding hydrogens is 819 g/mol. The molecule has 324 valence electrons. The Morgan fingerprint density at radius 2 is 0.871 bits per heavy atom. The molecule has 0 bridgehead atoms. The highest BCUT2D eigenvalue weighted by atomic mass is 32.2. The number of benzene rings is 6. The molecule has 3 nitrogen and oxygen atoms in total. The van der Waals surface area contributed by atoms with E-state index in [1.807, 2.05) is 52.8 Å². The van der Waals surface area contributed by atoms with Crippen LogP contribution in [0.15, 0.2) is 107 Å². The molecule has 0 fully saturated rings. The van der Waals surface area contributed by atoms with Crippen LogP contribution in [-0.4, -0.2) is 26.6 Å². The largest absolute Gasteiger partial charge is 0.411 e. The van der Waals surface area contributed by atoms with Crippen LogP contribution in [-0.2, 0) is 28.1 Å². The van der Waals surface area contributed by atoms with Crippen LogP contribution in [0.25, 0.3) is 0 Å². The number of alkyl halides is 6. The third kappa shape index (κ3) is 8.38. The summed E-state index contributed by atoms with van der Waals surface area (Å²) < 4.78 is 121. The lowest BCUT2D eigenvalue weighted by atomic mass is 9.71. The molecule has 0 spiro atoms. The lowest BCUT2D eigenvalue weighted by Gasteiger charge is -2.39. The van der Waals surface area contributed by atoms with Crippen molar-refractivity contribution in [3.63, 3.8) is 0 Å². The smallest absolute Gasteiger partial charge is 0.289 e. The summed E-state index contributed by atoms with van der Waals surface area (Å²) in [5, 5.41) is 0. The van der Waals surface area contributed by atoms with E-state index in [0.29, 0.717) is 38.9 Å². The van der Waals surface area contributed by atoms with Gasteiger partial charge >= 0.3 is 12.4 Å². The Kier molecular flexibility index (Phi) is 12.4. The molecule has 6 aromatic carbocycles. The molecule has 6 rings (SSSR count). The molecule has 0 unspecified atom stereocenters. The summed E-state index contributed by atoms with van der Waals surface area (Å²) in [6.45, 7) is 17.8. The Labute approximate surface area is 360 Å². The Morgan fingerprint density at radius 3 is 1.40 bits per heavy atom. The van der Waals surface area contributed by atoms with Gasteiger partial charge in [0.15, 0.2) is 5.78 Å². The molecule has 0 heterocycles. The molecule has 0 atom stereocenters. The van der Waals surface area contributed by atoms with Gasteiger partial charge in [0.25, 0.3) is 0 Å². The number of rotatable bonds is 10. The third-order valence-electron chi connectivity index (χ3n) is 12.8. The van der Waals surface area contributed by atoms with Crippen LogP contribution >= 0.6 is 0 Å². The fraction of sp³-hybridized carbons (Fsp3) is 0.288. The Balaban J connectivity index is 1.55. The van der Waals surface area contributed by atoms with Crippen molar-refractivity contribution in [2.45, 2.75) is 110 Å². The number of carbonyl (C=O) groups excluding carboxylic acids is 1. The van der Waals surface area contributed by atoms with Gasteiger partial charge in [-0.1, -0.05) is 54.6 Å². The van der Waals surface area contributed by atoms with Crippen LogP contribution < -0.4 is 0 Å². The number of halogens is 6. The van der Waals surface area contributed by atoms with Crippen molar-refractivity contribution >= 4 is 15.6 Å². The summed E-state index contributed by atoms with van der Waals surface area (Å²) in [5.41, 5.74) is 3.88. The zero-order valence-electron chi connectivity index (χ0n) is 36.6. The lowest BCUT2D eigenvalue weighted by molar-refractivity contribution is -0.288. The van der Waals surface area contributed by atoms with E-state index in [-0.39, 0.29) is 39.5 Å². The van der Waals surface area contributed by atoms with E-state index >= 15 is 26.3 Å². The van der Waals surface area contributed by atoms with Crippen LogP contribution in [0.5, 0.6) is 0 Å². The molecule has 0 radical (unpaired) electrons. The van der Waals surface area contributed by atoms with Crippen molar-refractivity contribution in [1.82, 2.24) is 0 Å². The van der Waals surface area contributed by atoms with Gasteiger partial charge in [0.2, 0.25) is 15.3 Å². The number of sulfone groups is 1. The van der Waals surface area contributed by atoms with E-state index in [0.717, 1.165) is 63.2 Å². The third-order valence-corrected chi connectivity index (χ3v) is 14.6. The lowest BCUT2D eigenvalue weighted by Crippen LogP contribution is -2.54. The predicted molar refractivity (Wildman–Crippen MR) is 233 cm³/mol. The first kappa shape index (κ1) is 46.0. The second kappa shape index (κ2) is 16.7. The van der Waals surface area contributed by atoms with Crippen molar-refractivity contribution in [2.75, 3.05) is 0 Å². The fourth-order valence-corrected chi connectivity index (χ4v) is 9.55. The minimum Gasteiger partial charge on any atom is -0.289 e. The summed E-state index contributed by atoms with van der Waals surface area (Å²) in [7, 11) is -4.18. The highest BCUT2D eigenvalue weighted by Crippen LogP contribution is 2.56. The summed E-state index contributed by atoms with van der Waals surface area (Å²) in [5.74, 6) is -0.175. The van der Waals surface area contributed by atoms with Crippen molar-refractivity contribution in [3.05, 3.63) is 197 Å². The van der Waals surface area contributed by atoms with E-state index in [1.54, 1.807) is 58.0 Å². The molecular formula is C52H50F6O3S. The Morgan fingerprint density at radius 1 is 0.419 bits per heavy atom. The van der Waals surface area contributed by atoms with E-state index in [9.17, 15) is 13.2 Å². The molecule has 0 saturated heterocycles. The van der Waals surface area contributed by atoms with E-state index in [1.165, 1.54) is 31.2 Å². The van der Waals surface area contributed by atoms with Gasteiger partial charge in [-0.05, 0) is 214 Å². The first-order chi connectivity index (χ1) is 28.8. The highest BCUT2D eigenvalue weighted by Gasteiger charge is 2.72. The van der Waals surface area contributed by atoms with Crippen LogP contribution in [0.3, 0.4) is 0 Å². The second-order valence-corrected chi connectivity index (χ2v) is 18.8. The number of hydrogen-bond acceptors (Lipinski definition) is 3. The molecule has 10 heteroatoms.